The van der Waals surface area contributed by atoms with Crippen LogP contribution in [-0.2, 0) is 0 Å². The first-order valence-electron chi connectivity index (χ1n) is 6.24. The highest BCUT2D eigenvalue weighted by atomic mass is 32.2. The Morgan fingerprint density at radius 2 is 2.40 bits per heavy atom. The van der Waals surface area contributed by atoms with Crippen molar-refractivity contribution in [3.63, 3.8) is 0 Å². The van der Waals surface area contributed by atoms with E-state index in [1.807, 2.05) is 12.3 Å². The van der Waals surface area contributed by atoms with Crippen molar-refractivity contribution in [1.82, 2.24) is 10.3 Å². The molecule has 0 aliphatic carbocycles. The molecule has 0 saturated carbocycles. The molecule has 20 heavy (non-hydrogen) atoms. The molecule has 0 radical (unpaired) electrons. The number of nitrogens with zero attached hydrogens (tertiary/aromatic N) is 2. The number of hydrogen-bond donors (Lipinski definition) is 2. The van der Waals surface area contributed by atoms with E-state index in [1.54, 1.807) is 18.7 Å². The van der Waals surface area contributed by atoms with E-state index in [1.165, 1.54) is 6.07 Å². The predicted molar refractivity (Wildman–Crippen MR) is 79.9 cm³/mol. The fraction of sp³-hybridized carbons (Fsp3) is 0.462. The van der Waals surface area contributed by atoms with Gasteiger partial charge in [-0.25, -0.2) is 4.98 Å². The molecule has 1 amide bonds. The fourth-order valence-electron chi connectivity index (χ4n) is 1.52. The largest absolute Gasteiger partial charge is 0.477 e. The van der Waals surface area contributed by atoms with Gasteiger partial charge in [-0.05, 0) is 31.4 Å². The average Bonchev–Trinajstić information content (AvgIpc) is 2.43. The van der Waals surface area contributed by atoms with Crippen molar-refractivity contribution >= 4 is 23.4 Å². The second-order valence-corrected chi connectivity index (χ2v) is 4.91. The monoisotopic (exact) mass is 294 g/mol. The van der Waals surface area contributed by atoms with E-state index in [4.69, 9.17) is 15.7 Å². The number of anilines is 1. The highest BCUT2D eigenvalue weighted by molar-refractivity contribution is 7.98. The van der Waals surface area contributed by atoms with Crippen molar-refractivity contribution in [3.05, 3.63) is 17.3 Å². The SMILES string of the molecule is CCOc1nc(C(=O)NCCCSC)cc(N)c1C#N. The Hall–Kier alpha value is -1.94. The number of carbonyl (C=O) groups excluding carboxylic acids is 1. The zero-order valence-electron chi connectivity index (χ0n) is 11.6. The molecule has 0 aliphatic heterocycles. The number of aromatic nitrogens is 1. The molecule has 0 aromatic carbocycles. The number of nitrogens with two attached hydrogens (primary N) is 1. The smallest absolute Gasteiger partial charge is 0.270 e. The standard InChI is InChI=1S/C13H18N4O2S/c1-3-19-13-9(8-14)10(15)7-11(17-13)12(18)16-5-4-6-20-2/h7H,3-6H2,1-2H3,(H2,15,17)(H,16,18). The van der Waals surface area contributed by atoms with Gasteiger partial charge in [-0.2, -0.15) is 17.0 Å². The maximum Gasteiger partial charge on any atom is 0.270 e. The molecule has 0 unspecified atom stereocenters. The van der Waals surface area contributed by atoms with Crippen molar-refractivity contribution in [2.45, 2.75) is 13.3 Å². The maximum absolute atomic E-state index is 11.9. The van der Waals surface area contributed by atoms with E-state index >= 15 is 0 Å². The minimum absolute atomic E-state index is 0.101. The van der Waals surface area contributed by atoms with Crippen LogP contribution in [0.25, 0.3) is 0 Å². The summed E-state index contributed by atoms with van der Waals surface area (Å²) in [7, 11) is 0. The van der Waals surface area contributed by atoms with Gasteiger partial charge in [0.15, 0.2) is 0 Å². The third kappa shape index (κ3) is 4.31. The fourth-order valence-corrected chi connectivity index (χ4v) is 1.95. The molecule has 0 atom stereocenters. The number of amides is 1. The molecule has 3 N–H and O–H groups in total. The number of thioether (sulfide) groups is 1. The van der Waals surface area contributed by atoms with Gasteiger partial charge in [0.2, 0.25) is 5.88 Å². The lowest BCUT2D eigenvalue weighted by molar-refractivity contribution is 0.0947. The highest BCUT2D eigenvalue weighted by Crippen LogP contribution is 2.22. The first kappa shape index (κ1) is 16.1. The third-order valence-electron chi connectivity index (χ3n) is 2.45. The number of nitrogens with one attached hydrogen (secondary N) is 1. The minimum Gasteiger partial charge on any atom is -0.477 e. The van der Waals surface area contributed by atoms with Gasteiger partial charge in [0.05, 0.1) is 12.3 Å². The van der Waals surface area contributed by atoms with Crippen LogP contribution in [0.4, 0.5) is 5.69 Å². The van der Waals surface area contributed by atoms with Crippen LogP contribution in [-0.4, -0.2) is 36.1 Å². The summed E-state index contributed by atoms with van der Waals surface area (Å²) in [6, 6.07) is 3.32. The summed E-state index contributed by atoms with van der Waals surface area (Å²) in [6.07, 6.45) is 2.90. The Balaban J connectivity index is 2.85. The van der Waals surface area contributed by atoms with Crippen molar-refractivity contribution in [2.24, 2.45) is 0 Å². The van der Waals surface area contributed by atoms with Crippen LogP contribution in [0.15, 0.2) is 6.07 Å². The van der Waals surface area contributed by atoms with E-state index in [-0.39, 0.29) is 28.7 Å². The Bertz CT molecular complexity index is 514. The molecule has 0 saturated heterocycles. The number of nitrogen functional groups attached to an aromatic ring is 1. The lowest BCUT2D eigenvalue weighted by Gasteiger charge is -2.09. The number of ether oxygens (including phenoxy) is 1. The molecule has 1 heterocycles. The zero-order valence-corrected chi connectivity index (χ0v) is 12.4. The van der Waals surface area contributed by atoms with Crippen LogP contribution < -0.4 is 15.8 Å². The molecule has 1 rings (SSSR count). The molecule has 0 aliphatic rings. The quantitative estimate of drug-likeness (QED) is 0.737. The number of hydrogen-bond acceptors (Lipinski definition) is 6. The average molecular weight is 294 g/mol. The van der Waals surface area contributed by atoms with Crippen LogP contribution in [0.5, 0.6) is 5.88 Å². The van der Waals surface area contributed by atoms with Crippen molar-refractivity contribution in [3.8, 4) is 11.9 Å². The Morgan fingerprint density at radius 1 is 1.65 bits per heavy atom. The van der Waals surface area contributed by atoms with Gasteiger partial charge < -0.3 is 15.8 Å². The van der Waals surface area contributed by atoms with Gasteiger partial charge >= 0.3 is 0 Å². The molecule has 0 spiro atoms. The van der Waals surface area contributed by atoms with Gasteiger partial charge in [0, 0.05) is 6.54 Å². The molecular formula is C13H18N4O2S. The molecule has 6 nitrogen and oxygen atoms in total. The summed E-state index contributed by atoms with van der Waals surface area (Å²) in [6.45, 7) is 2.69. The van der Waals surface area contributed by atoms with E-state index in [9.17, 15) is 4.79 Å². The van der Waals surface area contributed by atoms with Gasteiger partial charge in [-0.15, -0.1) is 0 Å². The van der Waals surface area contributed by atoms with Crippen molar-refractivity contribution < 1.29 is 9.53 Å². The van der Waals surface area contributed by atoms with Crippen LogP contribution in [0.1, 0.15) is 29.4 Å². The normalized spacial score (nSPS) is 9.85. The summed E-state index contributed by atoms with van der Waals surface area (Å²) >= 11 is 1.72. The first-order chi connectivity index (χ1) is 9.63. The van der Waals surface area contributed by atoms with Crippen molar-refractivity contribution in [1.29, 1.82) is 5.26 Å². The summed E-state index contributed by atoms with van der Waals surface area (Å²) < 4.78 is 5.25. The van der Waals surface area contributed by atoms with Crippen LogP contribution in [0, 0.1) is 11.3 Å². The first-order valence-corrected chi connectivity index (χ1v) is 7.64. The van der Waals surface area contributed by atoms with E-state index in [0.29, 0.717) is 13.2 Å². The molecule has 1 aromatic rings. The number of nitriles is 1. The van der Waals surface area contributed by atoms with Crippen molar-refractivity contribution in [2.75, 3.05) is 30.9 Å². The summed E-state index contributed by atoms with van der Waals surface area (Å²) in [5.41, 5.74) is 6.27. The second-order valence-electron chi connectivity index (χ2n) is 3.92. The van der Waals surface area contributed by atoms with Crippen LogP contribution in [0.3, 0.4) is 0 Å². The topological polar surface area (TPSA) is 101 Å². The molecule has 7 heteroatoms. The van der Waals surface area contributed by atoms with E-state index in [0.717, 1.165) is 12.2 Å². The Morgan fingerprint density at radius 3 is 3.00 bits per heavy atom. The molecule has 108 valence electrons. The lowest BCUT2D eigenvalue weighted by Crippen LogP contribution is -2.26. The minimum atomic E-state index is -0.316. The third-order valence-corrected chi connectivity index (χ3v) is 3.15. The molecule has 1 aromatic heterocycles. The van der Waals surface area contributed by atoms with Crippen LogP contribution in [0.2, 0.25) is 0 Å². The zero-order chi connectivity index (χ0) is 15.0. The molecule has 0 fully saturated rings. The van der Waals surface area contributed by atoms with Gasteiger partial charge in [0.25, 0.3) is 5.91 Å². The summed E-state index contributed by atoms with van der Waals surface area (Å²) in [5.74, 6) is 0.764. The number of pyridine rings is 1. The van der Waals surface area contributed by atoms with Gasteiger partial charge in [-0.3, -0.25) is 4.79 Å². The summed E-state index contributed by atoms with van der Waals surface area (Å²) in [5, 5.41) is 11.8. The van der Waals surface area contributed by atoms with E-state index in [2.05, 4.69) is 10.3 Å². The summed E-state index contributed by atoms with van der Waals surface area (Å²) in [4.78, 5) is 16.0. The van der Waals surface area contributed by atoms with Crippen LogP contribution >= 0.6 is 11.8 Å². The predicted octanol–water partition coefficient (Wildman–Crippen LogP) is 1.42. The highest BCUT2D eigenvalue weighted by Gasteiger charge is 2.15. The van der Waals surface area contributed by atoms with Gasteiger partial charge in [-0.1, -0.05) is 0 Å². The maximum atomic E-state index is 11.9. The van der Waals surface area contributed by atoms with Gasteiger partial charge in [0.1, 0.15) is 17.3 Å². The Labute approximate surface area is 122 Å². The lowest BCUT2D eigenvalue weighted by atomic mass is 10.2. The number of rotatable bonds is 7. The molecular weight excluding hydrogens is 276 g/mol. The molecule has 0 bridgehead atoms. The Kier molecular flexibility index (Phi) is 6.67. The van der Waals surface area contributed by atoms with E-state index < -0.39 is 0 Å². The number of carbonyl (C=O) groups is 1. The second kappa shape index (κ2) is 8.27.